The molecule has 1 atom stereocenters. The Kier molecular flexibility index (Phi) is 6.83. The molecule has 0 heterocycles. The molecule has 1 N–H and O–H groups in total. The van der Waals surface area contributed by atoms with Crippen LogP contribution in [0.5, 0.6) is 0 Å². The van der Waals surface area contributed by atoms with E-state index in [0.717, 1.165) is 12.8 Å². The van der Waals surface area contributed by atoms with Crippen molar-refractivity contribution in [2.24, 2.45) is 0 Å². The first-order valence-electron chi connectivity index (χ1n) is 5.07. The van der Waals surface area contributed by atoms with E-state index in [4.69, 9.17) is 0 Å². The molecule has 0 aliphatic rings. The Balaban J connectivity index is 3.94. The molecule has 4 heteroatoms. The molecule has 0 fully saturated rings. The van der Waals surface area contributed by atoms with E-state index < -0.39 is 9.84 Å². The third kappa shape index (κ3) is 5.40. The topological polar surface area (TPSA) is 46.2 Å². The molecule has 0 aromatic rings. The van der Waals surface area contributed by atoms with Crippen LogP contribution >= 0.6 is 0 Å². The van der Waals surface area contributed by atoms with Crippen LogP contribution < -0.4 is 5.32 Å². The molecule has 0 amide bonds. The van der Waals surface area contributed by atoms with Gasteiger partial charge in [0, 0.05) is 13.1 Å². The first-order chi connectivity index (χ1) is 6.54. The van der Waals surface area contributed by atoms with Crippen molar-refractivity contribution in [3.8, 4) is 0 Å². The van der Waals surface area contributed by atoms with Gasteiger partial charge in [0.05, 0.1) is 11.0 Å². The number of sulfone groups is 1. The van der Waals surface area contributed by atoms with Crippen LogP contribution in [-0.2, 0) is 9.84 Å². The molecule has 3 nitrogen and oxygen atoms in total. The zero-order valence-corrected chi connectivity index (χ0v) is 9.94. The minimum Gasteiger partial charge on any atom is -0.312 e. The molecule has 0 radical (unpaired) electrons. The highest BCUT2D eigenvalue weighted by Crippen LogP contribution is 2.04. The molecule has 0 spiro atoms. The minimum atomic E-state index is -2.90. The monoisotopic (exact) mass is 219 g/mol. The van der Waals surface area contributed by atoms with Gasteiger partial charge < -0.3 is 5.32 Å². The summed E-state index contributed by atoms with van der Waals surface area (Å²) in [5, 5.41) is 2.72. The van der Waals surface area contributed by atoms with E-state index >= 15 is 0 Å². The molecule has 0 rings (SSSR count). The van der Waals surface area contributed by atoms with Gasteiger partial charge in [0.2, 0.25) is 0 Å². The van der Waals surface area contributed by atoms with Crippen molar-refractivity contribution in [2.45, 2.75) is 31.9 Å². The zero-order valence-electron chi connectivity index (χ0n) is 9.12. The van der Waals surface area contributed by atoms with Gasteiger partial charge in [-0.05, 0) is 13.3 Å². The van der Waals surface area contributed by atoms with Crippen molar-refractivity contribution in [3.05, 3.63) is 12.7 Å². The van der Waals surface area contributed by atoms with Crippen molar-refractivity contribution < 1.29 is 8.42 Å². The second kappa shape index (κ2) is 7.01. The van der Waals surface area contributed by atoms with E-state index in [1.807, 2.05) is 6.92 Å². The van der Waals surface area contributed by atoms with Crippen molar-refractivity contribution >= 4 is 9.84 Å². The fraction of sp³-hybridized carbons (Fsp3) is 0.800. The Hall–Kier alpha value is -0.350. The largest absolute Gasteiger partial charge is 0.312 e. The van der Waals surface area contributed by atoms with Crippen LogP contribution in [0.4, 0.5) is 0 Å². The Morgan fingerprint density at radius 2 is 2.14 bits per heavy atom. The summed E-state index contributed by atoms with van der Waals surface area (Å²) in [4.78, 5) is 0. The van der Waals surface area contributed by atoms with E-state index in [-0.39, 0.29) is 5.25 Å². The van der Waals surface area contributed by atoms with Crippen LogP contribution in [0.25, 0.3) is 0 Å². The Labute approximate surface area is 87.5 Å². The fourth-order valence-electron chi connectivity index (χ4n) is 1.06. The standard InChI is InChI=1S/C10H21NO2S/c1-4-6-8-14(12,13)10(3)9-11-7-5-2/h5,10-11H,2,4,6-9H2,1,3H3. The summed E-state index contributed by atoms with van der Waals surface area (Å²) in [7, 11) is -2.90. The smallest absolute Gasteiger partial charge is 0.154 e. The fourth-order valence-corrected chi connectivity index (χ4v) is 2.53. The lowest BCUT2D eigenvalue weighted by Gasteiger charge is -2.12. The molecule has 84 valence electrons. The maximum absolute atomic E-state index is 11.6. The first-order valence-corrected chi connectivity index (χ1v) is 6.79. The third-order valence-corrected chi connectivity index (χ3v) is 4.37. The zero-order chi connectivity index (χ0) is 11.0. The van der Waals surface area contributed by atoms with Gasteiger partial charge in [0.15, 0.2) is 9.84 Å². The maximum atomic E-state index is 11.6. The van der Waals surface area contributed by atoms with Gasteiger partial charge in [-0.1, -0.05) is 19.4 Å². The lowest BCUT2D eigenvalue weighted by Crippen LogP contribution is -2.32. The molecule has 0 aromatic heterocycles. The van der Waals surface area contributed by atoms with Crippen LogP contribution in [0.2, 0.25) is 0 Å². The summed E-state index contributed by atoms with van der Waals surface area (Å²) in [5.41, 5.74) is 0. The van der Waals surface area contributed by atoms with Gasteiger partial charge in [-0.3, -0.25) is 0 Å². The second-order valence-electron chi connectivity index (χ2n) is 3.48. The van der Waals surface area contributed by atoms with Crippen LogP contribution in [0, 0.1) is 0 Å². The normalized spacial score (nSPS) is 13.9. The van der Waals surface area contributed by atoms with Crippen molar-refractivity contribution in [1.82, 2.24) is 5.32 Å². The predicted octanol–water partition coefficient (Wildman–Crippen LogP) is 1.37. The van der Waals surface area contributed by atoms with Crippen LogP contribution in [0.15, 0.2) is 12.7 Å². The van der Waals surface area contributed by atoms with Crippen molar-refractivity contribution in [1.29, 1.82) is 0 Å². The van der Waals surface area contributed by atoms with E-state index in [2.05, 4.69) is 11.9 Å². The average molecular weight is 219 g/mol. The lowest BCUT2D eigenvalue weighted by atomic mass is 10.4. The van der Waals surface area contributed by atoms with Gasteiger partial charge in [-0.15, -0.1) is 6.58 Å². The summed E-state index contributed by atoms with van der Waals surface area (Å²) in [6.07, 6.45) is 3.41. The Bertz CT molecular complexity index is 247. The van der Waals surface area contributed by atoms with Gasteiger partial charge >= 0.3 is 0 Å². The van der Waals surface area contributed by atoms with Gasteiger partial charge in [0.25, 0.3) is 0 Å². The van der Waals surface area contributed by atoms with E-state index in [0.29, 0.717) is 18.8 Å². The quantitative estimate of drug-likeness (QED) is 0.495. The molecule has 0 aliphatic carbocycles. The maximum Gasteiger partial charge on any atom is 0.154 e. The molecular formula is C10H21NO2S. The van der Waals surface area contributed by atoms with Gasteiger partial charge in [-0.25, -0.2) is 8.42 Å². The molecular weight excluding hydrogens is 198 g/mol. The molecule has 0 bridgehead atoms. The SMILES string of the molecule is C=CCNCC(C)S(=O)(=O)CCCC. The molecule has 14 heavy (non-hydrogen) atoms. The summed E-state index contributed by atoms with van der Waals surface area (Å²) in [6.45, 7) is 8.48. The van der Waals surface area contributed by atoms with Crippen molar-refractivity contribution in [2.75, 3.05) is 18.8 Å². The van der Waals surface area contributed by atoms with Crippen LogP contribution in [0.3, 0.4) is 0 Å². The number of rotatable bonds is 8. The highest BCUT2D eigenvalue weighted by molar-refractivity contribution is 7.92. The number of unbranched alkanes of at least 4 members (excludes halogenated alkanes) is 1. The van der Waals surface area contributed by atoms with E-state index in [9.17, 15) is 8.42 Å². The van der Waals surface area contributed by atoms with Crippen LogP contribution in [0.1, 0.15) is 26.7 Å². The lowest BCUT2D eigenvalue weighted by molar-refractivity contribution is 0.573. The highest BCUT2D eigenvalue weighted by atomic mass is 32.2. The first kappa shape index (κ1) is 13.7. The average Bonchev–Trinajstić information content (AvgIpc) is 2.15. The summed E-state index contributed by atoms with van der Waals surface area (Å²) in [6, 6.07) is 0. The summed E-state index contributed by atoms with van der Waals surface area (Å²) < 4.78 is 23.2. The van der Waals surface area contributed by atoms with Crippen LogP contribution in [-0.4, -0.2) is 32.5 Å². The molecule has 0 saturated carbocycles. The molecule has 0 aliphatic heterocycles. The third-order valence-electron chi connectivity index (χ3n) is 2.12. The van der Waals surface area contributed by atoms with Gasteiger partial charge in [0.1, 0.15) is 0 Å². The Morgan fingerprint density at radius 3 is 2.64 bits per heavy atom. The van der Waals surface area contributed by atoms with E-state index in [1.165, 1.54) is 0 Å². The van der Waals surface area contributed by atoms with Gasteiger partial charge in [-0.2, -0.15) is 0 Å². The molecule has 0 saturated heterocycles. The number of hydrogen-bond acceptors (Lipinski definition) is 3. The number of hydrogen-bond donors (Lipinski definition) is 1. The van der Waals surface area contributed by atoms with E-state index in [1.54, 1.807) is 13.0 Å². The minimum absolute atomic E-state index is 0.297. The summed E-state index contributed by atoms with van der Waals surface area (Å²) >= 11 is 0. The predicted molar refractivity (Wildman–Crippen MR) is 61.2 cm³/mol. The number of nitrogens with one attached hydrogen (secondary N) is 1. The second-order valence-corrected chi connectivity index (χ2v) is 6.02. The van der Waals surface area contributed by atoms with Crippen molar-refractivity contribution in [3.63, 3.8) is 0 Å². The molecule has 0 aromatic carbocycles. The summed E-state index contributed by atoms with van der Waals surface area (Å²) in [5.74, 6) is 0.306. The molecule has 1 unspecified atom stereocenters. The highest BCUT2D eigenvalue weighted by Gasteiger charge is 2.18. The Morgan fingerprint density at radius 1 is 1.50 bits per heavy atom.